The second-order valence-corrected chi connectivity index (χ2v) is 6.53. The summed E-state index contributed by atoms with van der Waals surface area (Å²) in [5.41, 5.74) is 4.02. The molecule has 0 unspecified atom stereocenters. The molecule has 1 amide bonds. The van der Waals surface area contributed by atoms with Crippen LogP contribution in [0.2, 0.25) is 0 Å². The van der Waals surface area contributed by atoms with E-state index in [4.69, 9.17) is 10.6 Å². The summed E-state index contributed by atoms with van der Waals surface area (Å²) in [5.74, 6) is 6.26. The number of hydrogen-bond donors (Lipinski definition) is 2. The fourth-order valence-corrected chi connectivity index (χ4v) is 3.68. The van der Waals surface area contributed by atoms with Crippen molar-refractivity contribution in [1.82, 2.24) is 14.6 Å². The number of fused-ring (bicyclic) bond motifs is 1. The van der Waals surface area contributed by atoms with Gasteiger partial charge in [-0.2, -0.15) is 0 Å². The number of ether oxygens (including phenoxy) is 1. The molecular weight excluding hydrogens is 308 g/mol. The lowest BCUT2D eigenvalue weighted by atomic mass is 9.81. The number of rotatable bonds is 4. The highest BCUT2D eigenvalue weighted by atomic mass is 16.5. The maximum absolute atomic E-state index is 12.6. The number of hydrogen-bond acceptors (Lipinski definition) is 4. The molecular formula is C17H24N4O3. The fourth-order valence-electron chi connectivity index (χ4n) is 3.68. The molecule has 1 fully saturated rings. The molecule has 0 saturated heterocycles. The van der Waals surface area contributed by atoms with Crippen LogP contribution in [0.15, 0.2) is 23.0 Å². The minimum atomic E-state index is -0.0829. The van der Waals surface area contributed by atoms with Crippen molar-refractivity contribution in [1.29, 1.82) is 0 Å². The van der Waals surface area contributed by atoms with Crippen molar-refractivity contribution in [3.05, 3.63) is 28.7 Å². The first-order valence-corrected chi connectivity index (χ1v) is 8.29. The number of nitrogens with zero attached hydrogens (tertiary/aromatic N) is 2. The average Bonchev–Trinajstić information content (AvgIpc) is 2.86. The van der Waals surface area contributed by atoms with Gasteiger partial charge in [0, 0.05) is 25.6 Å². The molecule has 7 nitrogen and oxygen atoms in total. The Bertz CT molecular complexity index is 800. The molecule has 7 heteroatoms. The van der Waals surface area contributed by atoms with E-state index >= 15 is 0 Å². The molecule has 1 heterocycles. The molecule has 2 aromatic rings. The monoisotopic (exact) mass is 332 g/mol. The number of carbonyl (C=O) groups is 1. The Morgan fingerprint density at radius 2 is 2.00 bits per heavy atom. The predicted molar refractivity (Wildman–Crippen MR) is 91.5 cm³/mol. The van der Waals surface area contributed by atoms with Crippen LogP contribution in [0, 0.1) is 11.8 Å². The highest BCUT2D eigenvalue weighted by Gasteiger charge is 2.27. The second kappa shape index (κ2) is 6.68. The maximum atomic E-state index is 12.6. The zero-order chi connectivity index (χ0) is 17.3. The molecule has 1 saturated carbocycles. The molecule has 0 atom stereocenters. The smallest absolute Gasteiger partial charge is 0.328 e. The second-order valence-electron chi connectivity index (χ2n) is 6.53. The van der Waals surface area contributed by atoms with Crippen molar-refractivity contribution < 1.29 is 9.53 Å². The van der Waals surface area contributed by atoms with E-state index in [-0.39, 0.29) is 17.5 Å². The van der Waals surface area contributed by atoms with Gasteiger partial charge in [-0.1, -0.05) is 0 Å². The number of benzene rings is 1. The molecule has 3 N–H and O–H groups in total. The van der Waals surface area contributed by atoms with Crippen LogP contribution < -0.4 is 21.7 Å². The Hall–Kier alpha value is -2.28. The minimum Gasteiger partial charge on any atom is -0.497 e. The minimum absolute atomic E-state index is 0.00409. The number of nitrogens with two attached hydrogens (primary N) is 1. The quantitative estimate of drug-likeness (QED) is 0.499. The number of aryl methyl sites for hydroxylation is 1. The van der Waals surface area contributed by atoms with Crippen LogP contribution in [-0.2, 0) is 18.4 Å². The first-order chi connectivity index (χ1) is 11.5. The van der Waals surface area contributed by atoms with Gasteiger partial charge in [-0.25, -0.2) is 10.6 Å². The fraction of sp³-hybridized carbons (Fsp3) is 0.529. The molecule has 1 aromatic heterocycles. The first kappa shape index (κ1) is 16.6. The Labute approximate surface area is 140 Å². The molecule has 0 bridgehead atoms. The molecule has 0 spiro atoms. The summed E-state index contributed by atoms with van der Waals surface area (Å²) in [4.78, 5) is 24.2. The zero-order valence-electron chi connectivity index (χ0n) is 14.1. The SMILES string of the molecule is COc1ccc2c(c1)n(C[C@H]1CC[C@H](C(=O)NN)CC1)c(=O)n2C. The maximum Gasteiger partial charge on any atom is 0.328 e. The van der Waals surface area contributed by atoms with E-state index in [1.165, 1.54) is 0 Å². The number of methoxy groups -OCH3 is 1. The Morgan fingerprint density at radius 3 is 2.62 bits per heavy atom. The van der Waals surface area contributed by atoms with Crippen molar-refractivity contribution in [3.63, 3.8) is 0 Å². The van der Waals surface area contributed by atoms with E-state index in [1.807, 2.05) is 22.8 Å². The van der Waals surface area contributed by atoms with Gasteiger partial charge >= 0.3 is 5.69 Å². The van der Waals surface area contributed by atoms with E-state index in [1.54, 1.807) is 18.7 Å². The standard InChI is InChI=1S/C17H24N4O3/c1-20-14-8-7-13(24-2)9-15(14)21(17(20)23)10-11-3-5-12(6-4-11)16(22)19-18/h7-9,11-12H,3-6,10,18H2,1-2H3,(H,19,22)/t11-,12-. The van der Waals surface area contributed by atoms with E-state index in [0.29, 0.717) is 12.5 Å². The van der Waals surface area contributed by atoms with Gasteiger partial charge in [-0.05, 0) is 43.7 Å². The van der Waals surface area contributed by atoms with Crippen molar-refractivity contribution in [2.75, 3.05) is 7.11 Å². The Morgan fingerprint density at radius 1 is 1.29 bits per heavy atom. The third-order valence-corrected chi connectivity index (χ3v) is 5.15. The number of amides is 1. The number of carbonyl (C=O) groups excluding carboxylic acids is 1. The lowest BCUT2D eigenvalue weighted by molar-refractivity contribution is -0.126. The van der Waals surface area contributed by atoms with Gasteiger partial charge in [0.1, 0.15) is 5.75 Å². The van der Waals surface area contributed by atoms with Crippen LogP contribution in [0.1, 0.15) is 25.7 Å². The topological polar surface area (TPSA) is 91.3 Å². The summed E-state index contributed by atoms with van der Waals surface area (Å²) in [7, 11) is 3.41. The van der Waals surface area contributed by atoms with Crippen molar-refractivity contribution in [2.45, 2.75) is 32.2 Å². The van der Waals surface area contributed by atoms with Gasteiger partial charge in [-0.15, -0.1) is 0 Å². The lowest BCUT2D eigenvalue weighted by Crippen LogP contribution is -2.38. The molecule has 3 rings (SSSR count). The van der Waals surface area contributed by atoms with E-state index < -0.39 is 0 Å². The van der Waals surface area contributed by atoms with Gasteiger partial charge in [0.2, 0.25) is 5.91 Å². The predicted octanol–water partition coefficient (Wildman–Crippen LogP) is 1.14. The summed E-state index contributed by atoms with van der Waals surface area (Å²) in [6.07, 6.45) is 3.48. The van der Waals surface area contributed by atoms with Crippen molar-refractivity contribution in [2.24, 2.45) is 24.7 Å². The summed E-state index contributed by atoms with van der Waals surface area (Å²) in [6.45, 7) is 0.667. The largest absolute Gasteiger partial charge is 0.497 e. The summed E-state index contributed by atoms with van der Waals surface area (Å²) in [6, 6.07) is 5.68. The van der Waals surface area contributed by atoms with Crippen LogP contribution in [-0.4, -0.2) is 22.2 Å². The summed E-state index contributed by atoms with van der Waals surface area (Å²) >= 11 is 0. The van der Waals surface area contributed by atoms with E-state index in [2.05, 4.69) is 5.43 Å². The highest BCUT2D eigenvalue weighted by Crippen LogP contribution is 2.30. The van der Waals surface area contributed by atoms with Gasteiger partial charge in [0.05, 0.1) is 18.1 Å². The van der Waals surface area contributed by atoms with Crippen LogP contribution in [0.4, 0.5) is 0 Å². The highest BCUT2D eigenvalue weighted by molar-refractivity contribution is 5.78. The molecule has 130 valence electrons. The van der Waals surface area contributed by atoms with Gasteiger partial charge in [0.15, 0.2) is 0 Å². The summed E-state index contributed by atoms with van der Waals surface area (Å²) in [5, 5.41) is 0. The lowest BCUT2D eigenvalue weighted by Gasteiger charge is -2.27. The van der Waals surface area contributed by atoms with Gasteiger partial charge in [0.25, 0.3) is 0 Å². The van der Waals surface area contributed by atoms with Crippen LogP contribution in [0.3, 0.4) is 0 Å². The number of imidazole rings is 1. The van der Waals surface area contributed by atoms with E-state index in [9.17, 15) is 9.59 Å². The molecule has 0 aliphatic heterocycles. The van der Waals surface area contributed by atoms with Crippen LogP contribution in [0.5, 0.6) is 5.75 Å². The third kappa shape index (κ3) is 2.91. The first-order valence-electron chi connectivity index (χ1n) is 8.29. The van der Waals surface area contributed by atoms with E-state index in [0.717, 1.165) is 42.5 Å². The Balaban J connectivity index is 1.82. The summed E-state index contributed by atoms with van der Waals surface area (Å²) < 4.78 is 8.78. The Kier molecular flexibility index (Phi) is 4.62. The number of hydrazine groups is 1. The van der Waals surface area contributed by atoms with Crippen LogP contribution in [0.25, 0.3) is 11.0 Å². The van der Waals surface area contributed by atoms with Gasteiger partial charge < -0.3 is 4.74 Å². The third-order valence-electron chi connectivity index (χ3n) is 5.15. The van der Waals surface area contributed by atoms with Crippen molar-refractivity contribution >= 4 is 16.9 Å². The normalized spacial score (nSPS) is 21.0. The van der Waals surface area contributed by atoms with Crippen LogP contribution >= 0.6 is 0 Å². The average molecular weight is 332 g/mol. The van der Waals surface area contributed by atoms with Crippen molar-refractivity contribution in [3.8, 4) is 5.75 Å². The zero-order valence-corrected chi connectivity index (χ0v) is 14.1. The molecule has 0 radical (unpaired) electrons. The number of nitrogens with one attached hydrogen (secondary N) is 1. The molecule has 24 heavy (non-hydrogen) atoms. The molecule has 1 aromatic carbocycles. The number of aromatic nitrogens is 2. The van der Waals surface area contributed by atoms with Gasteiger partial charge in [-0.3, -0.25) is 19.4 Å². The molecule has 1 aliphatic rings. The molecule has 1 aliphatic carbocycles.